The van der Waals surface area contributed by atoms with Crippen molar-refractivity contribution in [1.82, 2.24) is 20.4 Å². The predicted molar refractivity (Wildman–Crippen MR) is 67.0 cm³/mol. The standard InChI is InChI=1S/C11H16N4OS/c1-4-8(7(2)12-3)11-14-10(15-16-11)9-5-17-6-13-9/h5-8,12H,4H2,1-3H3. The molecule has 2 heterocycles. The monoisotopic (exact) mass is 252 g/mol. The SMILES string of the molecule is CCC(c1nc(-c2cscn2)no1)C(C)NC. The van der Waals surface area contributed by atoms with Gasteiger partial charge in [-0.1, -0.05) is 12.1 Å². The third kappa shape index (κ3) is 2.53. The van der Waals surface area contributed by atoms with Crippen molar-refractivity contribution >= 4 is 11.3 Å². The van der Waals surface area contributed by atoms with Gasteiger partial charge in [0.1, 0.15) is 5.69 Å². The molecule has 0 amide bonds. The third-order valence-corrected chi connectivity index (χ3v) is 3.51. The van der Waals surface area contributed by atoms with Crippen LogP contribution in [0.5, 0.6) is 0 Å². The first-order valence-corrected chi connectivity index (χ1v) is 6.60. The molecule has 17 heavy (non-hydrogen) atoms. The van der Waals surface area contributed by atoms with Gasteiger partial charge in [-0.15, -0.1) is 11.3 Å². The first-order valence-electron chi connectivity index (χ1n) is 5.65. The molecular weight excluding hydrogens is 236 g/mol. The molecule has 0 radical (unpaired) electrons. The maximum Gasteiger partial charge on any atom is 0.231 e. The second-order valence-electron chi connectivity index (χ2n) is 3.92. The zero-order valence-corrected chi connectivity index (χ0v) is 11.0. The third-order valence-electron chi connectivity index (χ3n) is 2.92. The number of likely N-dealkylation sites (N-methyl/N-ethyl adjacent to an activating group) is 1. The van der Waals surface area contributed by atoms with Crippen molar-refractivity contribution in [2.75, 3.05) is 7.05 Å². The molecule has 5 nitrogen and oxygen atoms in total. The summed E-state index contributed by atoms with van der Waals surface area (Å²) in [5.74, 6) is 1.49. The van der Waals surface area contributed by atoms with E-state index in [9.17, 15) is 0 Å². The Bertz CT molecular complexity index is 454. The van der Waals surface area contributed by atoms with Gasteiger partial charge in [0.2, 0.25) is 11.7 Å². The molecule has 0 saturated carbocycles. The van der Waals surface area contributed by atoms with E-state index in [4.69, 9.17) is 4.52 Å². The highest BCUT2D eigenvalue weighted by Gasteiger charge is 2.23. The fourth-order valence-electron chi connectivity index (χ4n) is 1.76. The van der Waals surface area contributed by atoms with Gasteiger partial charge in [-0.05, 0) is 20.4 Å². The lowest BCUT2D eigenvalue weighted by Crippen LogP contribution is -2.28. The smallest absolute Gasteiger partial charge is 0.231 e. The lowest BCUT2D eigenvalue weighted by molar-refractivity contribution is 0.322. The van der Waals surface area contributed by atoms with Crippen LogP contribution in [0.25, 0.3) is 11.5 Å². The molecule has 0 fully saturated rings. The van der Waals surface area contributed by atoms with Gasteiger partial charge < -0.3 is 9.84 Å². The average Bonchev–Trinajstić information content (AvgIpc) is 2.99. The van der Waals surface area contributed by atoms with Gasteiger partial charge in [0.25, 0.3) is 0 Å². The minimum Gasteiger partial charge on any atom is -0.339 e. The highest BCUT2D eigenvalue weighted by Crippen LogP contribution is 2.24. The minimum atomic E-state index is 0.236. The molecule has 92 valence electrons. The van der Waals surface area contributed by atoms with Crippen LogP contribution in [-0.4, -0.2) is 28.2 Å². The molecule has 0 aromatic carbocycles. The van der Waals surface area contributed by atoms with Gasteiger partial charge in [-0.3, -0.25) is 0 Å². The molecule has 2 unspecified atom stereocenters. The summed E-state index contributed by atoms with van der Waals surface area (Å²) in [6, 6.07) is 0.309. The van der Waals surface area contributed by atoms with E-state index >= 15 is 0 Å². The van der Waals surface area contributed by atoms with Gasteiger partial charge in [-0.25, -0.2) is 4.98 Å². The summed E-state index contributed by atoms with van der Waals surface area (Å²) in [7, 11) is 1.94. The van der Waals surface area contributed by atoms with E-state index in [1.165, 1.54) is 11.3 Å². The highest BCUT2D eigenvalue weighted by atomic mass is 32.1. The first kappa shape index (κ1) is 12.2. The van der Waals surface area contributed by atoms with Gasteiger partial charge in [0.15, 0.2) is 0 Å². The van der Waals surface area contributed by atoms with Crippen LogP contribution < -0.4 is 5.32 Å². The Balaban J connectivity index is 2.22. The Kier molecular flexibility index (Phi) is 3.86. The van der Waals surface area contributed by atoms with Crippen LogP contribution in [0, 0.1) is 0 Å². The predicted octanol–water partition coefficient (Wildman–Crippen LogP) is 2.29. The molecule has 0 aliphatic carbocycles. The second kappa shape index (κ2) is 5.37. The minimum absolute atomic E-state index is 0.236. The van der Waals surface area contributed by atoms with Gasteiger partial charge >= 0.3 is 0 Å². The largest absolute Gasteiger partial charge is 0.339 e. The van der Waals surface area contributed by atoms with Crippen molar-refractivity contribution in [3.63, 3.8) is 0 Å². The summed E-state index contributed by atoms with van der Waals surface area (Å²) >= 11 is 1.52. The van der Waals surface area contributed by atoms with Crippen LogP contribution in [0.1, 0.15) is 32.1 Å². The van der Waals surface area contributed by atoms with Crippen LogP contribution in [0.3, 0.4) is 0 Å². The van der Waals surface area contributed by atoms with Crippen LogP contribution in [0.4, 0.5) is 0 Å². The number of nitrogens with zero attached hydrogens (tertiary/aromatic N) is 3. The average molecular weight is 252 g/mol. The topological polar surface area (TPSA) is 63.8 Å². The summed E-state index contributed by atoms with van der Waals surface area (Å²) in [6.45, 7) is 4.23. The number of thiazole rings is 1. The lowest BCUT2D eigenvalue weighted by atomic mass is 9.98. The zero-order chi connectivity index (χ0) is 12.3. The molecule has 0 aliphatic rings. The normalized spacial score (nSPS) is 14.8. The van der Waals surface area contributed by atoms with E-state index < -0.39 is 0 Å². The summed E-state index contributed by atoms with van der Waals surface area (Å²) < 4.78 is 5.33. The van der Waals surface area contributed by atoms with E-state index in [1.54, 1.807) is 5.51 Å². The molecule has 0 saturated heterocycles. The summed E-state index contributed by atoms with van der Waals surface area (Å²) in [5.41, 5.74) is 2.54. The van der Waals surface area contributed by atoms with Gasteiger partial charge in [-0.2, -0.15) is 4.98 Å². The van der Waals surface area contributed by atoms with Crippen LogP contribution in [-0.2, 0) is 0 Å². The zero-order valence-electron chi connectivity index (χ0n) is 10.2. The van der Waals surface area contributed by atoms with Crippen molar-refractivity contribution in [1.29, 1.82) is 0 Å². The molecule has 0 aliphatic heterocycles. The Hall–Kier alpha value is -1.27. The van der Waals surface area contributed by atoms with E-state index in [0.29, 0.717) is 17.8 Å². The van der Waals surface area contributed by atoms with Crippen LogP contribution >= 0.6 is 11.3 Å². The van der Waals surface area contributed by atoms with Gasteiger partial charge in [0.05, 0.1) is 11.4 Å². The fourth-order valence-corrected chi connectivity index (χ4v) is 2.29. The molecule has 1 N–H and O–H groups in total. The van der Waals surface area contributed by atoms with Crippen molar-refractivity contribution in [3.8, 4) is 11.5 Å². The van der Waals surface area contributed by atoms with Gasteiger partial charge in [0, 0.05) is 11.4 Å². The second-order valence-corrected chi connectivity index (χ2v) is 4.64. The Morgan fingerprint density at radius 1 is 1.53 bits per heavy atom. The molecule has 0 spiro atoms. The number of hydrogen-bond donors (Lipinski definition) is 1. The Morgan fingerprint density at radius 3 is 2.94 bits per heavy atom. The molecule has 2 atom stereocenters. The maximum atomic E-state index is 5.33. The highest BCUT2D eigenvalue weighted by molar-refractivity contribution is 7.07. The quantitative estimate of drug-likeness (QED) is 0.884. The maximum absolute atomic E-state index is 5.33. The van der Waals surface area contributed by atoms with Crippen molar-refractivity contribution in [2.45, 2.75) is 32.2 Å². The fraction of sp³-hybridized carbons (Fsp3) is 0.545. The molecule has 0 bridgehead atoms. The summed E-state index contributed by atoms with van der Waals surface area (Å²) in [6.07, 6.45) is 0.959. The van der Waals surface area contributed by atoms with E-state index in [2.05, 4.69) is 34.3 Å². The van der Waals surface area contributed by atoms with Crippen molar-refractivity contribution in [2.24, 2.45) is 0 Å². The number of aromatic nitrogens is 3. The van der Waals surface area contributed by atoms with E-state index in [1.807, 2.05) is 12.4 Å². The van der Waals surface area contributed by atoms with Crippen LogP contribution in [0.2, 0.25) is 0 Å². The molecular formula is C11H16N4OS. The van der Waals surface area contributed by atoms with Crippen LogP contribution in [0.15, 0.2) is 15.4 Å². The molecule has 2 aromatic heterocycles. The number of hydrogen-bond acceptors (Lipinski definition) is 6. The van der Waals surface area contributed by atoms with E-state index in [-0.39, 0.29) is 5.92 Å². The number of rotatable bonds is 5. The lowest BCUT2D eigenvalue weighted by Gasteiger charge is -2.17. The molecule has 2 rings (SSSR count). The molecule has 2 aromatic rings. The van der Waals surface area contributed by atoms with Crippen molar-refractivity contribution < 1.29 is 4.52 Å². The Labute approximate surface area is 104 Å². The number of nitrogens with one attached hydrogen (secondary N) is 1. The molecule has 6 heteroatoms. The summed E-state index contributed by atoms with van der Waals surface area (Å²) in [4.78, 5) is 8.59. The summed E-state index contributed by atoms with van der Waals surface area (Å²) in [5, 5.41) is 9.11. The first-order chi connectivity index (χ1) is 8.26. The Morgan fingerprint density at radius 2 is 2.35 bits per heavy atom. The van der Waals surface area contributed by atoms with E-state index in [0.717, 1.165) is 12.1 Å². The van der Waals surface area contributed by atoms with Crippen molar-refractivity contribution in [3.05, 3.63) is 16.8 Å².